The lowest BCUT2D eigenvalue weighted by Crippen LogP contribution is -2.33. The van der Waals surface area contributed by atoms with E-state index in [1.54, 1.807) is 12.0 Å². The Morgan fingerprint density at radius 1 is 1.20 bits per heavy atom. The van der Waals surface area contributed by atoms with Crippen molar-refractivity contribution in [3.05, 3.63) is 41.9 Å². The molecule has 0 unspecified atom stereocenters. The van der Waals surface area contributed by atoms with E-state index in [0.29, 0.717) is 19.1 Å². The molecule has 0 saturated heterocycles. The number of rotatable bonds is 6. The van der Waals surface area contributed by atoms with Crippen LogP contribution < -0.4 is 4.90 Å². The first kappa shape index (κ1) is 19.0. The number of fused-ring (bicyclic) bond motifs is 1. The molecule has 3 aromatic rings. The number of hydrogen-bond acceptors (Lipinski definition) is 5. The van der Waals surface area contributed by atoms with Gasteiger partial charge in [0.05, 0.1) is 18.6 Å². The molecule has 1 aliphatic heterocycles. The Hall–Kier alpha value is -3.00. The number of aromatic nitrogens is 5. The van der Waals surface area contributed by atoms with E-state index in [1.807, 2.05) is 54.7 Å². The monoisotopic (exact) mass is 406 g/mol. The average molecular weight is 406 g/mol. The summed E-state index contributed by atoms with van der Waals surface area (Å²) in [7, 11) is 3.51. The molecule has 0 N–H and O–H groups in total. The van der Waals surface area contributed by atoms with Crippen LogP contribution in [0.2, 0.25) is 0 Å². The zero-order chi connectivity index (χ0) is 21.0. The van der Waals surface area contributed by atoms with Gasteiger partial charge >= 0.3 is 0 Å². The van der Waals surface area contributed by atoms with Crippen molar-refractivity contribution in [1.82, 2.24) is 24.5 Å². The van der Waals surface area contributed by atoms with Crippen LogP contribution >= 0.6 is 0 Å². The molecule has 0 spiro atoms. The second-order valence-corrected chi connectivity index (χ2v) is 8.63. The summed E-state index contributed by atoms with van der Waals surface area (Å²) in [6.45, 7) is 5.22. The van der Waals surface area contributed by atoms with Gasteiger partial charge in [-0.15, -0.1) is 5.10 Å². The number of nitrogens with zero attached hydrogens (tertiary/aromatic N) is 6. The Labute approximate surface area is 175 Å². The van der Waals surface area contributed by atoms with Crippen LogP contribution in [0.1, 0.15) is 44.0 Å². The van der Waals surface area contributed by atoms with Gasteiger partial charge in [0.1, 0.15) is 0 Å². The van der Waals surface area contributed by atoms with Crippen molar-refractivity contribution < 1.29 is 9.53 Å². The molecule has 30 heavy (non-hydrogen) atoms. The largest absolute Gasteiger partial charge is 0.383 e. The van der Waals surface area contributed by atoms with Gasteiger partial charge in [-0.1, -0.05) is 0 Å². The van der Waals surface area contributed by atoms with E-state index < -0.39 is 5.41 Å². The van der Waals surface area contributed by atoms with Crippen LogP contribution in [0.25, 0.3) is 17.2 Å². The van der Waals surface area contributed by atoms with Crippen LogP contribution in [-0.4, -0.2) is 51.2 Å². The molecular formula is C22H26N6O2. The number of carbonyl (C=O) groups is 1. The molecule has 1 aromatic carbocycles. The quantitative estimate of drug-likeness (QED) is 0.629. The molecule has 1 amide bonds. The van der Waals surface area contributed by atoms with E-state index in [4.69, 9.17) is 14.8 Å². The topological polar surface area (TPSA) is 78.1 Å². The van der Waals surface area contributed by atoms with Crippen LogP contribution in [0.3, 0.4) is 0 Å². The highest BCUT2D eigenvalue weighted by molar-refractivity contribution is 6.07. The number of amides is 1. The maximum atomic E-state index is 12.7. The first-order valence-corrected chi connectivity index (χ1v) is 10.3. The molecule has 8 heteroatoms. The number of carbonyl (C=O) groups excluding carboxylic acids is 1. The lowest BCUT2D eigenvalue weighted by atomic mass is 9.85. The maximum Gasteiger partial charge on any atom is 0.236 e. The van der Waals surface area contributed by atoms with Crippen molar-refractivity contribution in [3.63, 3.8) is 0 Å². The number of methoxy groups -OCH3 is 1. The Bertz CT molecular complexity index is 1120. The maximum absolute atomic E-state index is 12.7. The summed E-state index contributed by atoms with van der Waals surface area (Å²) in [5, 5.41) is 9.45. The normalized spacial score (nSPS) is 17.6. The molecule has 1 aliphatic carbocycles. The van der Waals surface area contributed by atoms with Crippen LogP contribution in [0, 0.1) is 0 Å². The van der Waals surface area contributed by atoms with Crippen molar-refractivity contribution in [2.45, 2.75) is 44.6 Å². The molecule has 2 aliphatic rings. The fourth-order valence-electron chi connectivity index (χ4n) is 4.07. The zero-order valence-corrected chi connectivity index (χ0v) is 17.8. The minimum atomic E-state index is -0.563. The van der Waals surface area contributed by atoms with Crippen LogP contribution in [0.4, 0.5) is 5.69 Å². The Morgan fingerprint density at radius 3 is 2.73 bits per heavy atom. The fourth-order valence-corrected chi connectivity index (χ4v) is 4.07. The van der Waals surface area contributed by atoms with Crippen molar-refractivity contribution in [2.75, 3.05) is 25.7 Å². The third-order valence-electron chi connectivity index (χ3n) is 6.06. The van der Waals surface area contributed by atoms with E-state index in [2.05, 4.69) is 11.2 Å². The third-order valence-corrected chi connectivity index (χ3v) is 6.06. The smallest absolute Gasteiger partial charge is 0.236 e. The molecular weight excluding hydrogens is 380 g/mol. The summed E-state index contributed by atoms with van der Waals surface area (Å²) < 4.78 is 8.82. The summed E-state index contributed by atoms with van der Waals surface area (Å²) in [6, 6.07) is 8.04. The number of benzene rings is 1. The number of likely N-dealkylation sites (N-methyl/N-ethyl adjacent to an activating group) is 1. The Morgan fingerprint density at radius 2 is 2.00 bits per heavy atom. The summed E-state index contributed by atoms with van der Waals surface area (Å²) in [5.41, 5.74) is 2.34. The first-order chi connectivity index (χ1) is 14.4. The van der Waals surface area contributed by atoms with E-state index in [-0.39, 0.29) is 5.91 Å². The standard InChI is InChI=1S/C22H26N6O2/c1-22(2)16-13-15(7-8-17(16)26(3)21(22)29)20-23-19(14-5-6-14)25-28(20)18-9-10-27(24-18)11-12-30-4/h7-10,13-14H,5-6,11-12H2,1-4H3. The summed E-state index contributed by atoms with van der Waals surface area (Å²) in [4.78, 5) is 19.3. The van der Waals surface area contributed by atoms with Gasteiger partial charge in [0.15, 0.2) is 17.5 Å². The number of hydrogen-bond donors (Lipinski definition) is 0. The van der Waals surface area contributed by atoms with Crippen molar-refractivity contribution >= 4 is 11.6 Å². The molecule has 0 atom stereocenters. The van der Waals surface area contributed by atoms with Gasteiger partial charge in [0.2, 0.25) is 5.91 Å². The summed E-state index contributed by atoms with van der Waals surface area (Å²) >= 11 is 0. The average Bonchev–Trinajstić information content (AvgIpc) is 3.27. The summed E-state index contributed by atoms with van der Waals surface area (Å²) in [6.07, 6.45) is 4.18. The van der Waals surface area contributed by atoms with Crippen LogP contribution in [0.5, 0.6) is 0 Å². The molecule has 2 aromatic heterocycles. The van der Waals surface area contributed by atoms with Crippen molar-refractivity contribution in [1.29, 1.82) is 0 Å². The predicted molar refractivity (Wildman–Crippen MR) is 113 cm³/mol. The number of anilines is 1. The molecule has 3 heterocycles. The van der Waals surface area contributed by atoms with Gasteiger partial charge in [-0.3, -0.25) is 9.48 Å². The highest BCUT2D eigenvalue weighted by atomic mass is 16.5. The van der Waals surface area contributed by atoms with Crippen LogP contribution in [0.15, 0.2) is 30.5 Å². The van der Waals surface area contributed by atoms with Gasteiger partial charge in [-0.2, -0.15) is 9.78 Å². The lowest BCUT2D eigenvalue weighted by molar-refractivity contribution is -0.121. The SMILES string of the molecule is COCCn1ccc(-n2nc(C3CC3)nc2-c2ccc3c(c2)C(C)(C)C(=O)N3C)n1. The molecule has 5 rings (SSSR count). The first-order valence-electron chi connectivity index (χ1n) is 10.3. The van der Waals surface area contributed by atoms with Gasteiger partial charge in [0.25, 0.3) is 0 Å². The molecule has 156 valence electrons. The molecule has 1 fully saturated rings. The van der Waals surface area contributed by atoms with Gasteiger partial charge < -0.3 is 9.64 Å². The second kappa shape index (κ2) is 6.77. The van der Waals surface area contributed by atoms with E-state index in [9.17, 15) is 4.79 Å². The molecule has 1 saturated carbocycles. The van der Waals surface area contributed by atoms with Gasteiger partial charge in [0, 0.05) is 43.6 Å². The molecule has 8 nitrogen and oxygen atoms in total. The van der Waals surface area contributed by atoms with E-state index in [1.165, 1.54) is 0 Å². The van der Waals surface area contributed by atoms with E-state index in [0.717, 1.165) is 47.1 Å². The summed E-state index contributed by atoms with van der Waals surface area (Å²) in [5.74, 6) is 2.89. The molecule has 0 bridgehead atoms. The number of ether oxygens (including phenoxy) is 1. The van der Waals surface area contributed by atoms with Crippen LogP contribution in [-0.2, 0) is 21.5 Å². The Kier molecular flexibility index (Phi) is 4.28. The van der Waals surface area contributed by atoms with Gasteiger partial charge in [-0.05, 0) is 50.5 Å². The zero-order valence-electron chi connectivity index (χ0n) is 17.8. The Balaban J connectivity index is 1.59. The second-order valence-electron chi connectivity index (χ2n) is 8.63. The minimum Gasteiger partial charge on any atom is -0.383 e. The predicted octanol–water partition coefficient (Wildman–Crippen LogP) is 2.91. The fraction of sp³-hybridized carbons (Fsp3) is 0.455. The van der Waals surface area contributed by atoms with Gasteiger partial charge in [-0.25, -0.2) is 4.98 Å². The van der Waals surface area contributed by atoms with Crippen molar-refractivity contribution in [3.8, 4) is 17.2 Å². The highest BCUT2D eigenvalue weighted by Crippen LogP contribution is 2.43. The lowest BCUT2D eigenvalue weighted by Gasteiger charge is -2.16. The van der Waals surface area contributed by atoms with Crippen molar-refractivity contribution in [2.24, 2.45) is 0 Å². The minimum absolute atomic E-state index is 0.103. The highest BCUT2D eigenvalue weighted by Gasteiger charge is 2.42. The molecule has 0 radical (unpaired) electrons. The van der Waals surface area contributed by atoms with E-state index >= 15 is 0 Å². The third kappa shape index (κ3) is 2.94.